The molecule has 184 valence electrons. The second kappa shape index (κ2) is 10.9. The van der Waals surface area contributed by atoms with Gasteiger partial charge in [-0.2, -0.15) is 0 Å². The summed E-state index contributed by atoms with van der Waals surface area (Å²) in [7, 11) is 3.17. The molecule has 7 heteroatoms. The maximum Gasteiger partial charge on any atom is 0.237 e. The molecule has 0 fully saturated rings. The van der Waals surface area contributed by atoms with Crippen LogP contribution in [0.2, 0.25) is 0 Å². The van der Waals surface area contributed by atoms with Crippen molar-refractivity contribution in [2.45, 2.75) is 38.4 Å². The normalized spacial score (nSPS) is 16.3. The first kappa shape index (κ1) is 24.7. The van der Waals surface area contributed by atoms with Crippen LogP contribution < -0.4 is 14.8 Å². The molecule has 0 radical (unpaired) electrons. The summed E-state index contributed by atoms with van der Waals surface area (Å²) in [5.74, 6) is -0.627. The number of ether oxygens (including phenoxy) is 2. The Balaban J connectivity index is 1.64. The molecule has 1 amide bonds. The van der Waals surface area contributed by atoms with Crippen LogP contribution in [0.3, 0.4) is 0 Å². The minimum absolute atomic E-state index is 0.0898. The number of benzene rings is 3. The minimum Gasteiger partial charge on any atom is -0.493 e. The zero-order chi connectivity index (χ0) is 24.9. The fourth-order valence-corrected chi connectivity index (χ4v) is 4.71. The van der Waals surface area contributed by atoms with Gasteiger partial charge in [0.25, 0.3) is 0 Å². The molecule has 0 aromatic heterocycles. The number of nitrogens with zero attached hydrogens (tertiary/aromatic N) is 1. The van der Waals surface area contributed by atoms with E-state index in [0.29, 0.717) is 36.6 Å². The third-order valence-corrected chi connectivity index (χ3v) is 6.64. The van der Waals surface area contributed by atoms with Gasteiger partial charge in [-0.3, -0.25) is 9.69 Å². The van der Waals surface area contributed by atoms with E-state index in [1.54, 1.807) is 20.3 Å². The molecule has 35 heavy (non-hydrogen) atoms. The second-order valence-electron chi connectivity index (χ2n) is 8.74. The zero-order valence-electron chi connectivity index (χ0n) is 20.2. The Morgan fingerprint density at radius 1 is 1.00 bits per heavy atom. The quantitative estimate of drug-likeness (QED) is 0.502. The van der Waals surface area contributed by atoms with E-state index in [9.17, 15) is 13.6 Å². The molecule has 1 aliphatic rings. The predicted molar refractivity (Wildman–Crippen MR) is 131 cm³/mol. The van der Waals surface area contributed by atoms with Crippen molar-refractivity contribution in [3.8, 4) is 11.5 Å². The van der Waals surface area contributed by atoms with Crippen molar-refractivity contribution >= 4 is 5.91 Å². The van der Waals surface area contributed by atoms with Crippen molar-refractivity contribution in [1.82, 2.24) is 10.2 Å². The Bertz CT molecular complexity index is 1190. The van der Waals surface area contributed by atoms with Crippen molar-refractivity contribution in [2.24, 2.45) is 0 Å². The molecule has 0 spiro atoms. The van der Waals surface area contributed by atoms with Gasteiger partial charge in [-0.15, -0.1) is 0 Å². The summed E-state index contributed by atoms with van der Waals surface area (Å²) in [5, 5.41) is 3.03. The van der Waals surface area contributed by atoms with E-state index in [1.807, 2.05) is 49.4 Å². The number of carbonyl (C=O) groups excluding carboxylic acids is 1. The molecule has 2 atom stereocenters. The first-order valence-corrected chi connectivity index (χ1v) is 11.7. The van der Waals surface area contributed by atoms with Gasteiger partial charge in [-0.05, 0) is 66.3 Å². The van der Waals surface area contributed by atoms with E-state index in [0.717, 1.165) is 29.2 Å². The van der Waals surface area contributed by atoms with E-state index >= 15 is 0 Å². The number of hydrogen-bond donors (Lipinski definition) is 1. The van der Waals surface area contributed by atoms with E-state index in [1.165, 1.54) is 6.07 Å². The van der Waals surface area contributed by atoms with Crippen LogP contribution in [0.15, 0.2) is 60.7 Å². The van der Waals surface area contributed by atoms with Gasteiger partial charge in [0.2, 0.25) is 5.91 Å². The highest BCUT2D eigenvalue weighted by molar-refractivity contribution is 5.81. The molecule has 1 N–H and O–H groups in total. The SMILES string of the molecule is COc1cc2c(cc1OC)C(Cc1ccc(F)c(F)c1)N(C(C)C(=O)NCc1ccccc1)CC2. The molecule has 3 aromatic rings. The number of carbonyl (C=O) groups is 1. The van der Waals surface area contributed by atoms with Crippen LogP contribution in [0.1, 0.15) is 35.2 Å². The monoisotopic (exact) mass is 480 g/mol. The summed E-state index contributed by atoms with van der Waals surface area (Å²) in [5.41, 5.74) is 3.75. The maximum atomic E-state index is 14.0. The average Bonchev–Trinajstić information content (AvgIpc) is 2.88. The lowest BCUT2D eigenvalue weighted by atomic mass is 9.87. The second-order valence-corrected chi connectivity index (χ2v) is 8.74. The smallest absolute Gasteiger partial charge is 0.237 e. The van der Waals surface area contributed by atoms with Crippen molar-refractivity contribution < 1.29 is 23.0 Å². The molecular weight excluding hydrogens is 450 g/mol. The number of rotatable bonds is 8. The van der Waals surface area contributed by atoms with Crippen molar-refractivity contribution in [1.29, 1.82) is 0 Å². The molecule has 0 aliphatic carbocycles. The molecule has 0 saturated heterocycles. The molecular formula is C28H30F2N2O3. The molecule has 3 aromatic carbocycles. The van der Waals surface area contributed by atoms with Gasteiger partial charge in [0.05, 0.1) is 20.3 Å². The van der Waals surface area contributed by atoms with E-state index in [4.69, 9.17) is 9.47 Å². The largest absolute Gasteiger partial charge is 0.493 e. The Morgan fingerprint density at radius 2 is 1.71 bits per heavy atom. The zero-order valence-corrected chi connectivity index (χ0v) is 20.2. The minimum atomic E-state index is -0.883. The highest BCUT2D eigenvalue weighted by atomic mass is 19.2. The molecule has 0 saturated carbocycles. The number of fused-ring (bicyclic) bond motifs is 1. The van der Waals surface area contributed by atoms with Crippen LogP contribution in [0.4, 0.5) is 8.78 Å². The Morgan fingerprint density at radius 3 is 2.40 bits per heavy atom. The summed E-state index contributed by atoms with van der Waals surface area (Å²) >= 11 is 0. The molecule has 4 rings (SSSR count). The van der Waals surface area contributed by atoms with Gasteiger partial charge in [-0.1, -0.05) is 36.4 Å². The van der Waals surface area contributed by atoms with Crippen LogP contribution in [0.25, 0.3) is 0 Å². The number of amides is 1. The van der Waals surface area contributed by atoms with E-state index in [-0.39, 0.29) is 11.9 Å². The summed E-state index contributed by atoms with van der Waals surface area (Å²) in [4.78, 5) is 15.3. The Hall–Kier alpha value is -3.45. The van der Waals surface area contributed by atoms with Gasteiger partial charge < -0.3 is 14.8 Å². The summed E-state index contributed by atoms with van der Waals surface area (Å²) in [6, 6.07) is 16.9. The van der Waals surface area contributed by atoms with Crippen LogP contribution in [-0.2, 0) is 24.2 Å². The van der Waals surface area contributed by atoms with Gasteiger partial charge in [0.15, 0.2) is 23.1 Å². The van der Waals surface area contributed by atoms with E-state index in [2.05, 4.69) is 10.2 Å². The van der Waals surface area contributed by atoms with Crippen molar-refractivity contribution in [3.63, 3.8) is 0 Å². The lowest BCUT2D eigenvalue weighted by molar-refractivity contribution is -0.127. The Labute approximate surface area is 204 Å². The van der Waals surface area contributed by atoms with Crippen LogP contribution >= 0.6 is 0 Å². The van der Waals surface area contributed by atoms with Gasteiger partial charge in [0, 0.05) is 19.1 Å². The van der Waals surface area contributed by atoms with Gasteiger partial charge in [0.1, 0.15) is 0 Å². The maximum absolute atomic E-state index is 14.0. The highest BCUT2D eigenvalue weighted by Crippen LogP contribution is 2.40. The number of methoxy groups -OCH3 is 2. The molecule has 1 aliphatic heterocycles. The average molecular weight is 481 g/mol. The van der Waals surface area contributed by atoms with Crippen molar-refractivity contribution in [3.05, 3.63) is 94.6 Å². The number of nitrogens with one attached hydrogen (secondary N) is 1. The third-order valence-electron chi connectivity index (χ3n) is 6.64. The van der Waals surface area contributed by atoms with Crippen LogP contribution in [0, 0.1) is 11.6 Å². The highest BCUT2D eigenvalue weighted by Gasteiger charge is 2.34. The van der Waals surface area contributed by atoms with Crippen molar-refractivity contribution in [2.75, 3.05) is 20.8 Å². The standard InChI is InChI=1S/C28H30F2N2O3/c1-18(28(33)31-17-19-7-5-4-6-8-19)32-12-11-21-15-26(34-2)27(35-3)16-22(21)25(32)14-20-9-10-23(29)24(30)13-20/h4-10,13,15-16,18,25H,11-12,14,17H2,1-3H3,(H,31,33). The number of halogens is 2. The molecule has 5 nitrogen and oxygen atoms in total. The first-order chi connectivity index (χ1) is 16.9. The molecule has 1 heterocycles. The summed E-state index contributed by atoms with van der Waals surface area (Å²) < 4.78 is 38.6. The number of hydrogen-bond acceptors (Lipinski definition) is 4. The van der Waals surface area contributed by atoms with Gasteiger partial charge >= 0.3 is 0 Å². The fraction of sp³-hybridized carbons (Fsp3) is 0.321. The fourth-order valence-electron chi connectivity index (χ4n) is 4.71. The topological polar surface area (TPSA) is 50.8 Å². The molecule has 2 unspecified atom stereocenters. The van der Waals surface area contributed by atoms with Gasteiger partial charge in [-0.25, -0.2) is 8.78 Å². The van der Waals surface area contributed by atoms with Crippen LogP contribution in [0.5, 0.6) is 11.5 Å². The first-order valence-electron chi connectivity index (χ1n) is 11.7. The van der Waals surface area contributed by atoms with Crippen LogP contribution in [-0.4, -0.2) is 37.6 Å². The summed E-state index contributed by atoms with van der Waals surface area (Å²) in [6.07, 6.45) is 1.14. The third kappa shape index (κ3) is 5.46. The Kier molecular flexibility index (Phi) is 7.66. The predicted octanol–water partition coefficient (Wildman–Crippen LogP) is 4.83. The lowest BCUT2D eigenvalue weighted by Crippen LogP contribution is -2.49. The van der Waals surface area contributed by atoms with E-state index < -0.39 is 17.7 Å². The molecule has 0 bridgehead atoms. The lowest BCUT2D eigenvalue weighted by Gasteiger charge is -2.41. The summed E-state index contributed by atoms with van der Waals surface area (Å²) in [6.45, 7) is 2.95.